The Kier molecular flexibility index (Phi) is 10.4. The largest absolute Gasteiger partial charge is 0.356 e. The predicted octanol–water partition coefficient (Wildman–Crippen LogP) is 2.31. The predicted molar refractivity (Wildman–Crippen MR) is 133 cm³/mol. The molecule has 6 heteroatoms. The van der Waals surface area contributed by atoms with Gasteiger partial charge in [-0.15, -0.1) is 0 Å². The molecule has 2 fully saturated rings. The number of hydrogen-bond donors (Lipinski definition) is 1. The van der Waals surface area contributed by atoms with Crippen LogP contribution in [0.25, 0.3) is 6.08 Å². The van der Waals surface area contributed by atoms with Gasteiger partial charge in [-0.3, -0.25) is 9.89 Å². The Labute approximate surface area is 189 Å². The topological polar surface area (TPSA) is 37.4 Å². The first-order valence-corrected chi connectivity index (χ1v) is 12.1. The van der Waals surface area contributed by atoms with Gasteiger partial charge in [0.1, 0.15) is 0 Å². The van der Waals surface area contributed by atoms with Crippen molar-refractivity contribution in [3.05, 3.63) is 42.0 Å². The van der Waals surface area contributed by atoms with Crippen LogP contribution in [0.2, 0.25) is 0 Å². The molecule has 1 aromatic carbocycles. The lowest BCUT2D eigenvalue weighted by molar-refractivity contribution is 0.136. The van der Waals surface area contributed by atoms with Crippen LogP contribution in [0.5, 0.6) is 0 Å². The van der Waals surface area contributed by atoms with Crippen molar-refractivity contribution in [1.82, 2.24) is 24.9 Å². The number of guanidine groups is 1. The Balaban J connectivity index is 1.26. The molecule has 0 aliphatic carbocycles. The highest BCUT2D eigenvalue weighted by Gasteiger charge is 2.18. The molecule has 2 aliphatic heterocycles. The van der Waals surface area contributed by atoms with E-state index >= 15 is 0 Å². The molecule has 0 amide bonds. The lowest BCUT2D eigenvalue weighted by Crippen LogP contribution is -2.52. The third-order valence-electron chi connectivity index (χ3n) is 6.45. The van der Waals surface area contributed by atoms with Gasteiger partial charge in [-0.05, 0) is 31.5 Å². The standard InChI is InChI=1S/C25H42N6/c1-3-28-16-18-29(19-17-28)14-8-7-13-27-25(26-2)31-22-20-30(21-23-31)15-9-12-24-10-5-4-6-11-24/h4-6,9-12H,3,7-8,13-23H2,1-2H3,(H,26,27)/b12-9+. The fourth-order valence-corrected chi connectivity index (χ4v) is 4.37. The van der Waals surface area contributed by atoms with Crippen LogP contribution < -0.4 is 5.32 Å². The van der Waals surface area contributed by atoms with E-state index in [-0.39, 0.29) is 0 Å². The Morgan fingerprint density at radius 2 is 1.58 bits per heavy atom. The van der Waals surface area contributed by atoms with Crippen LogP contribution in [0.3, 0.4) is 0 Å². The van der Waals surface area contributed by atoms with E-state index < -0.39 is 0 Å². The van der Waals surface area contributed by atoms with Gasteiger partial charge < -0.3 is 20.0 Å². The zero-order chi connectivity index (χ0) is 21.7. The smallest absolute Gasteiger partial charge is 0.193 e. The van der Waals surface area contributed by atoms with Crippen LogP contribution in [0, 0.1) is 0 Å². The minimum absolute atomic E-state index is 1.02. The van der Waals surface area contributed by atoms with Gasteiger partial charge in [-0.2, -0.15) is 0 Å². The highest BCUT2D eigenvalue weighted by Crippen LogP contribution is 2.06. The molecule has 0 unspecified atom stereocenters. The second-order valence-electron chi connectivity index (χ2n) is 8.56. The molecule has 3 rings (SSSR count). The molecule has 0 saturated carbocycles. The molecule has 0 bridgehead atoms. The molecule has 0 spiro atoms. The second kappa shape index (κ2) is 13.5. The molecule has 0 atom stereocenters. The number of nitrogens with zero attached hydrogens (tertiary/aromatic N) is 5. The van der Waals surface area contributed by atoms with Crippen LogP contribution >= 0.6 is 0 Å². The van der Waals surface area contributed by atoms with E-state index in [0.29, 0.717) is 0 Å². The maximum absolute atomic E-state index is 4.53. The fourth-order valence-electron chi connectivity index (χ4n) is 4.37. The van der Waals surface area contributed by atoms with Crippen molar-refractivity contribution in [2.75, 3.05) is 85.6 Å². The zero-order valence-electron chi connectivity index (χ0n) is 19.7. The molecule has 0 aromatic heterocycles. The van der Waals surface area contributed by atoms with E-state index in [1.807, 2.05) is 7.05 Å². The molecule has 1 aromatic rings. The Bertz CT molecular complexity index is 658. The third-order valence-corrected chi connectivity index (χ3v) is 6.45. The number of likely N-dealkylation sites (N-methyl/N-ethyl adjacent to an activating group) is 1. The van der Waals surface area contributed by atoms with Crippen molar-refractivity contribution in [1.29, 1.82) is 0 Å². The molecule has 6 nitrogen and oxygen atoms in total. The van der Waals surface area contributed by atoms with Crippen LogP contribution in [0.1, 0.15) is 25.3 Å². The maximum atomic E-state index is 4.53. The Morgan fingerprint density at radius 3 is 2.26 bits per heavy atom. The van der Waals surface area contributed by atoms with Gasteiger partial charge in [0.05, 0.1) is 0 Å². The normalized spacial score (nSPS) is 19.9. The van der Waals surface area contributed by atoms with E-state index in [4.69, 9.17) is 0 Å². The van der Waals surface area contributed by atoms with Crippen LogP contribution in [0.15, 0.2) is 41.4 Å². The van der Waals surface area contributed by atoms with E-state index in [2.05, 4.69) is 79.3 Å². The number of benzene rings is 1. The van der Waals surface area contributed by atoms with Crippen LogP contribution in [-0.2, 0) is 0 Å². The second-order valence-corrected chi connectivity index (χ2v) is 8.56. The van der Waals surface area contributed by atoms with Crippen molar-refractivity contribution in [2.24, 2.45) is 4.99 Å². The van der Waals surface area contributed by atoms with Crippen molar-refractivity contribution >= 4 is 12.0 Å². The number of hydrogen-bond acceptors (Lipinski definition) is 4. The SMILES string of the molecule is CCN1CCN(CCCCNC(=NC)N2CCN(C/C=C/c3ccccc3)CC2)CC1. The van der Waals surface area contributed by atoms with Gasteiger partial charge in [-0.1, -0.05) is 49.4 Å². The zero-order valence-corrected chi connectivity index (χ0v) is 19.7. The summed E-state index contributed by atoms with van der Waals surface area (Å²) in [5, 5.41) is 3.59. The third kappa shape index (κ3) is 8.28. The van der Waals surface area contributed by atoms with Gasteiger partial charge in [0.2, 0.25) is 0 Å². The van der Waals surface area contributed by atoms with Crippen molar-refractivity contribution in [2.45, 2.75) is 19.8 Å². The molecule has 0 radical (unpaired) electrons. The minimum Gasteiger partial charge on any atom is -0.356 e. The summed E-state index contributed by atoms with van der Waals surface area (Å²) in [6.07, 6.45) is 6.96. The van der Waals surface area contributed by atoms with Crippen molar-refractivity contribution in [3.8, 4) is 0 Å². The molecular formula is C25H42N6. The minimum atomic E-state index is 1.02. The van der Waals surface area contributed by atoms with E-state index in [0.717, 1.165) is 45.2 Å². The fraction of sp³-hybridized carbons (Fsp3) is 0.640. The number of rotatable bonds is 9. The number of nitrogens with one attached hydrogen (secondary N) is 1. The van der Waals surface area contributed by atoms with Crippen molar-refractivity contribution < 1.29 is 0 Å². The first kappa shape index (κ1) is 23.8. The van der Waals surface area contributed by atoms with Gasteiger partial charge in [-0.25, -0.2) is 0 Å². The summed E-state index contributed by atoms with van der Waals surface area (Å²) in [4.78, 5) is 14.6. The van der Waals surface area contributed by atoms with E-state index in [9.17, 15) is 0 Å². The van der Waals surface area contributed by atoms with Crippen molar-refractivity contribution in [3.63, 3.8) is 0 Å². The van der Waals surface area contributed by atoms with E-state index in [1.54, 1.807) is 0 Å². The summed E-state index contributed by atoms with van der Waals surface area (Å²) in [5.74, 6) is 1.07. The molecule has 2 heterocycles. The highest BCUT2D eigenvalue weighted by atomic mass is 15.3. The molecule has 2 saturated heterocycles. The van der Waals surface area contributed by atoms with Gasteiger partial charge in [0.25, 0.3) is 0 Å². The Hall–Kier alpha value is -1.89. The average Bonchev–Trinajstić information content (AvgIpc) is 2.83. The van der Waals surface area contributed by atoms with Gasteiger partial charge in [0.15, 0.2) is 5.96 Å². The number of unbranched alkanes of at least 4 members (excludes halogenated alkanes) is 1. The van der Waals surface area contributed by atoms with Gasteiger partial charge in [0, 0.05) is 72.5 Å². The lowest BCUT2D eigenvalue weighted by atomic mass is 10.2. The molecule has 2 aliphatic rings. The Morgan fingerprint density at radius 1 is 0.903 bits per heavy atom. The summed E-state index contributed by atoms with van der Waals surface area (Å²) in [5.41, 5.74) is 1.27. The first-order chi connectivity index (χ1) is 15.3. The molecule has 31 heavy (non-hydrogen) atoms. The summed E-state index contributed by atoms with van der Waals surface area (Å²) >= 11 is 0. The number of piperazine rings is 2. The maximum Gasteiger partial charge on any atom is 0.193 e. The quantitative estimate of drug-likeness (QED) is 0.373. The molecule has 1 N–H and O–H groups in total. The molecule has 172 valence electrons. The van der Waals surface area contributed by atoms with E-state index in [1.165, 1.54) is 57.7 Å². The summed E-state index contributed by atoms with van der Waals surface area (Å²) < 4.78 is 0. The summed E-state index contributed by atoms with van der Waals surface area (Å²) in [6.45, 7) is 15.9. The highest BCUT2D eigenvalue weighted by molar-refractivity contribution is 5.79. The van der Waals surface area contributed by atoms with Crippen LogP contribution in [-0.4, -0.2) is 111 Å². The lowest BCUT2D eigenvalue weighted by Gasteiger charge is -2.36. The summed E-state index contributed by atoms with van der Waals surface area (Å²) in [6, 6.07) is 10.5. The number of aliphatic imine (C=N–C) groups is 1. The summed E-state index contributed by atoms with van der Waals surface area (Å²) in [7, 11) is 1.91. The average molecular weight is 427 g/mol. The first-order valence-electron chi connectivity index (χ1n) is 12.1. The molecular weight excluding hydrogens is 384 g/mol. The monoisotopic (exact) mass is 426 g/mol. The van der Waals surface area contributed by atoms with Crippen LogP contribution in [0.4, 0.5) is 0 Å². The van der Waals surface area contributed by atoms with Gasteiger partial charge >= 0.3 is 0 Å².